The van der Waals surface area contributed by atoms with E-state index in [-0.39, 0.29) is 19.1 Å². The molecule has 0 amide bonds. The molecule has 0 bridgehead atoms. The van der Waals surface area contributed by atoms with Crippen LogP contribution >= 0.6 is 0 Å². The molecule has 1 aliphatic rings. The Balaban J connectivity index is 2.38. The van der Waals surface area contributed by atoms with Crippen LogP contribution in [0, 0.1) is 17.5 Å². The number of piperidine rings is 1. The third-order valence-corrected chi connectivity index (χ3v) is 5.29. The van der Waals surface area contributed by atoms with Gasteiger partial charge in [0.05, 0.1) is 0 Å². The number of hydrogen-bond donors (Lipinski definition) is 1. The van der Waals surface area contributed by atoms with E-state index in [9.17, 15) is 21.6 Å². The zero-order valence-electron chi connectivity index (χ0n) is 10.9. The highest BCUT2D eigenvalue weighted by molar-refractivity contribution is 7.89. The van der Waals surface area contributed by atoms with Crippen LogP contribution in [0.3, 0.4) is 0 Å². The van der Waals surface area contributed by atoms with Gasteiger partial charge in [0.1, 0.15) is 4.90 Å². The highest BCUT2D eigenvalue weighted by Crippen LogP contribution is 2.25. The van der Waals surface area contributed by atoms with Crippen LogP contribution in [-0.4, -0.2) is 38.9 Å². The number of hydrogen-bond acceptors (Lipinski definition) is 3. The quantitative estimate of drug-likeness (QED) is 0.861. The van der Waals surface area contributed by atoms with Crippen LogP contribution in [0.5, 0.6) is 0 Å². The Morgan fingerprint density at radius 2 is 1.95 bits per heavy atom. The van der Waals surface area contributed by atoms with Gasteiger partial charge in [0.15, 0.2) is 17.5 Å². The average Bonchev–Trinajstić information content (AvgIpc) is 2.44. The number of rotatable bonds is 3. The van der Waals surface area contributed by atoms with E-state index in [0.29, 0.717) is 12.5 Å². The average molecular weight is 308 g/mol. The van der Waals surface area contributed by atoms with Crippen molar-refractivity contribution in [2.75, 3.05) is 20.1 Å². The molecule has 1 atom stereocenters. The SMILES string of the molecule is CNC1CCCN(S(=O)(=O)c2ccc(F)c(F)c2F)C1. The van der Waals surface area contributed by atoms with Gasteiger partial charge in [0, 0.05) is 19.1 Å². The van der Waals surface area contributed by atoms with Gasteiger partial charge in [-0.3, -0.25) is 0 Å². The van der Waals surface area contributed by atoms with E-state index in [2.05, 4.69) is 5.32 Å². The maximum atomic E-state index is 13.7. The summed E-state index contributed by atoms with van der Waals surface area (Å²) in [7, 11) is -2.46. The van der Waals surface area contributed by atoms with Crippen LogP contribution in [0.4, 0.5) is 13.2 Å². The fraction of sp³-hybridized carbons (Fsp3) is 0.500. The van der Waals surface area contributed by atoms with Crippen molar-refractivity contribution in [3.8, 4) is 0 Å². The molecule has 0 radical (unpaired) electrons. The summed E-state index contributed by atoms with van der Waals surface area (Å²) in [4.78, 5) is -0.826. The molecule has 0 spiro atoms. The summed E-state index contributed by atoms with van der Waals surface area (Å²) in [6.45, 7) is 0.413. The summed E-state index contributed by atoms with van der Waals surface area (Å²) >= 11 is 0. The number of nitrogens with one attached hydrogen (secondary N) is 1. The molecule has 1 aromatic rings. The number of likely N-dealkylation sites (N-methyl/N-ethyl adjacent to an activating group) is 1. The van der Waals surface area contributed by atoms with Gasteiger partial charge in [-0.2, -0.15) is 4.31 Å². The Hall–Kier alpha value is -1.12. The Labute approximate surface area is 115 Å². The molecule has 0 saturated carbocycles. The predicted molar refractivity (Wildman–Crippen MR) is 67.2 cm³/mol. The van der Waals surface area contributed by atoms with Crippen LogP contribution in [-0.2, 0) is 10.0 Å². The van der Waals surface area contributed by atoms with Gasteiger partial charge in [0.25, 0.3) is 0 Å². The minimum atomic E-state index is -4.16. The molecule has 1 heterocycles. The van der Waals surface area contributed by atoms with Crippen LogP contribution in [0.1, 0.15) is 12.8 Å². The zero-order valence-corrected chi connectivity index (χ0v) is 11.7. The maximum Gasteiger partial charge on any atom is 0.246 e. The third-order valence-electron chi connectivity index (χ3n) is 3.41. The summed E-state index contributed by atoms with van der Waals surface area (Å²) in [5.74, 6) is -4.85. The topological polar surface area (TPSA) is 49.4 Å². The van der Waals surface area contributed by atoms with E-state index in [1.165, 1.54) is 0 Å². The minimum absolute atomic E-state index is 0.0353. The van der Waals surface area contributed by atoms with Crippen molar-refractivity contribution in [1.29, 1.82) is 0 Å². The van der Waals surface area contributed by atoms with E-state index in [4.69, 9.17) is 0 Å². The molecule has 0 aromatic heterocycles. The molecule has 112 valence electrons. The second-order valence-corrected chi connectivity index (χ2v) is 6.57. The summed E-state index contributed by atoms with van der Waals surface area (Å²) in [5, 5.41) is 2.96. The first kappa shape index (κ1) is 15.3. The summed E-state index contributed by atoms with van der Waals surface area (Å²) in [5.41, 5.74) is 0. The van der Waals surface area contributed by atoms with Crippen LogP contribution in [0.2, 0.25) is 0 Å². The van der Waals surface area contributed by atoms with Gasteiger partial charge in [0.2, 0.25) is 10.0 Å². The van der Waals surface area contributed by atoms with Gasteiger partial charge in [-0.05, 0) is 32.0 Å². The van der Waals surface area contributed by atoms with Gasteiger partial charge >= 0.3 is 0 Å². The molecule has 1 unspecified atom stereocenters. The van der Waals surface area contributed by atoms with E-state index < -0.39 is 32.4 Å². The van der Waals surface area contributed by atoms with E-state index in [1.807, 2.05) is 0 Å². The molecular formula is C12H15F3N2O2S. The Bertz CT molecular complexity index is 607. The highest BCUT2D eigenvalue weighted by Gasteiger charge is 2.33. The first-order valence-corrected chi connectivity index (χ1v) is 7.63. The normalized spacial score (nSPS) is 21.1. The molecule has 8 heteroatoms. The Kier molecular flexibility index (Phi) is 4.36. The van der Waals surface area contributed by atoms with Crippen molar-refractivity contribution in [2.24, 2.45) is 0 Å². The van der Waals surface area contributed by atoms with Gasteiger partial charge < -0.3 is 5.32 Å². The van der Waals surface area contributed by atoms with Gasteiger partial charge in [-0.25, -0.2) is 21.6 Å². The van der Waals surface area contributed by atoms with E-state index in [0.717, 1.165) is 16.8 Å². The lowest BCUT2D eigenvalue weighted by Crippen LogP contribution is -2.47. The van der Waals surface area contributed by atoms with Crippen LogP contribution in [0.15, 0.2) is 17.0 Å². The minimum Gasteiger partial charge on any atom is -0.316 e. The van der Waals surface area contributed by atoms with Crippen LogP contribution in [0.25, 0.3) is 0 Å². The fourth-order valence-corrected chi connectivity index (χ4v) is 3.82. The van der Waals surface area contributed by atoms with E-state index in [1.54, 1.807) is 7.05 Å². The molecular weight excluding hydrogens is 293 g/mol. The number of nitrogens with zero attached hydrogens (tertiary/aromatic N) is 1. The summed E-state index contributed by atoms with van der Waals surface area (Å²) in [6.07, 6.45) is 1.43. The second kappa shape index (κ2) is 5.71. The van der Waals surface area contributed by atoms with Crippen molar-refractivity contribution < 1.29 is 21.6 Å². The molecule has 1 N–H and O–H groups in total. The second-order valence-electron chi connectivity index (χ2n) is 4.66. The number of sulfonamides is 1. The largest absolute Gasteiger partial charge is 0.316 e. The van der Waals surface area contributed by atoms with Gasteiger partial charge in [-0.15, -0.1) is 0 Å². The van der Waals surface area contributed by atoms with Crippen LogP contribution < -0.4 is 5.32 Å². The molecule has 0 aliphatic carbocycles. The molecule has 4 nitrogen and oxygen atoms in total. The standard InChI is InChI=1S/C12H15F3N2O2S/c1-16-8-3-2-6-17(7-8)20(18,19)10-5-4-9(13)11(14)12(10)15/h4-5,8,16H,2-3,6-7H2,1H3. The van der Waals surface area contributed by atoms with Crippen molar-refractivity contribution in [3.63, 3.8) is 0 Å². The van der Waals surface area contributed by atoms with Crippen molar-refractivity contribution >= 4 is 10.0 Å². The first-order valence-electron chi connectivity index (χ1n) is 6.19. The van der Waals surface area contributed by atoms with Crippen molar-refractivity contribution in [1.82, 2.24) is 9.62 Å². The molecule has 2 rings (SSSR count). The van der Waals surface area contributed by atoms with Crippen molar-refractivity contribution in [3.05, 3.63) is 29.6 Å². The Morgan fingerprint density at radius 3 is 2.60 bits per heavy atom. The maximum absolute atomic E-state index is 13.7. The molecule has 20 heavy (non-hydrogen) atoms. The monoisotopic (exact) mass is 308 g/mol. The van der Waals surface area contributed by atoms with E-state index >= 15 is 0 Å². The lowest BCUT2D eigenvalue weighted by molar-refractivity contribution is 0.291. The van der Waals surface area contributed by atoms with Crippen molar-refractivity contribution in [2.45, 2.75) is 23.8 Å². The number of halogens is 3. The lowest BCUT2D eigenvalue weighted by Gasteiger charge is -2.31. The highest BCUT2D eigenvalue weighted by atomic mass is 32.2. The Morgan fingerprint density at radius 1 is 1.25 bits per heavy atom. The molecule has 1 fully saturated rings. The predicted octanol–water partition coefficient (Wildman–Crippen LogP) is 1.48. The molecule has 1 aliphatic heterocycles. The lowest BCUT2D eigenvalue weighted by atomic mass is 10.1. The third kappa shape index (κ3) is 2.68. The zero-order chi connectivity index (χ0) is 14.9. The summed E-state index contributed by atoms with van der Waals surface area (Å²) < 4.78 is 65.4. The molecule has 1 aromatic carbocycles. The van der Waals surface area contributed by atoms with Gasteiger partial charge in [-0.1, -0.05) is 0 Å². The number of benzene rings is 1. The smallest absolute Gasteiger partial charge is 0.246 e. The fourth-order valence-electron chi connectivity index (χ4n) is 2.24. The molecule has 1 saturated heterocycles. The summed E-state index contributed by atoms with van der Waals surface area (Å²) in [6, 6.07) is 1.34. The first-order chi connectivity index (χ1) is 9.37.